The lowest BCUT2D eigenvalue weighted by atomic mass is 9.97. The average Bonchev–Trinajstić information content (AvgIpc) is 2.96. The zero-order valence-corrected chi connectivity index (χ0v) is 18.9. The number of rotatable bonds is 6. The molecule has 1 aromatic rings. The van der Waals surface area contributed by atoms with Crippen LogP contribution in [0, 0.1) is 0 Å². The summed E-state index contributed by atoms with van der Waals surface area (Å²) in [6.45, 7) is 11.0. The molecule has 2 fully saturated rings. The lowest BCUT2D eigenvalue weighted by molar-refractivity contribution is 0.0300. The number of ether oxygens (including phenoxy) is 1. The van der Waals surface area contributed by atoms with Gasteiger partial charge in [-0.1, -0.05) is 18.6 Å². The van der Waals surface area contributed by atoms with Crippen LogP contribution in [0.1, 0.15) is 48.0 Å². The summed E-state index contributed by atoms with van der Waals surface area (Å²) in [5.74, 6) is 0.239. The van der Waals surface area contributed by atoms with Gasteiger partial charge in [-0.05, 0) is 56.8 Å². The SMILES string of the molecule is O=C1c2cccc3c2N(CCC3)CCN1CCN1CCCCC1CCN1CCOCC1. The van der Waals surface area contributed by atoms with Crippen molar-refractivity contribution in [3.8, 4) is 0 Å². The van der Waals surface area contributed by atoms with Gasteiger partial charge < -0.3 is 14.5 Å². The zero-order valence-electron chi connectivity index (χ0n) is 18.9. The molecule has 0 N–H and O–H groups in total. The molecule has 0 bridgehead atoms. The number of carbonyl (C=O) groups excluding carboxylic acids is 1. The Kier molecular flexibility index (Phi) is 6.77. The summed E-state index contributed by atoms with van der Waals surface area (Å²) >= 11 is 0. The minimum absolute atomic E-state index is 0.239. The van der Waals surface area contributed by atoms with Crippen molar-refractivity contribution in [2.75, 3.05) is 77.0 Å². The maximum absolute atomic E-state index is 13.4. The van der Waals surface area contributed by atoms with Crippen LogP contribution in [0.3, 0.4) is 0 Å². The third-order valence-electron chi connectivity index (χ3n) is 7.76. The first-order valence-electron chi connectivity index (χ1n) is 12.5. The van der Waals surface area contributed by atoms with Crippen molar-refractivity contribution in [2.24, 2.45) is 0 Å². The summed E-state index contributed by atoms with van der Waals surface area (Å²) in [5.41, 5.74) is 3.51. The van der Waals surface area contributed by atoms with E-state index in [-0.39, 0.29) is 5.91 Å². The lowest BCUT2D eigenvalue weighted by Crippen LogP contribution is -2.47. The highest BCUT2D eigenvalue weighted by atomic mass is 16.5. The Bertz CT molecular complexity index is 764. The quantitative estimate of drug-likeness (QED) is 0.699. The van der Waals surface area contributed by atoms with Crippen molar-refractivity contribution in [3.05, 3.63) is 29.3 Å². The van der Waals surface area contributed by atoms with Gasteiger partial charge in [0.15, 0.2) is 0 Å². The molecule has 1 unspecified atom stereocenters. The van der Waals surface area contributed by atoms with E-state index in [4.69, 9.17) is 4.74 Å². The minimum Gasteiger partial charge on any atom is -0.379 e. The fourth-order valence-corrected chi connectivity index (χ4v) is 5.95. The van der Waals surface area contributed by atoms with Crippen LogP contribution in [0.25, 0.3) is 0 Å². The Morgan fingerprint density at radius 2 is 1.81 bits per heavy atom. The van der Waals surface area contributed by atoms with Gasteiger partial charge in [-0.15, -0.1) is 0 Å². The largest absolute Gasteiger partial charge is 0.379 e. The second kappa shape index (κ2) is 9.88. The van der Waals surface area contributed by atoms with Crippen molar-refractivity contribution in [3.63, 3.8) is 0 Å². The number of amides is 1. The molecule has 6 nitrogen and oxygen atoms in total. The number of piperidine rings is 1. The van der Waals surface area contributed by atoms with Gasteiger partial charge in [0.2, 0.25) is 0 Å². The van der Waals surface area contributed by atoms with E-state index in [1.54, 1.807) is 0 Å². The number of aryl methyl sites for hydroxylation is 1. The van der Waals surface area contributed by atoms with Crippen molar-refractivity contribution >= 4 is 11.6 Å². The number of anilines is 1. The summed E-state index contributed by atoms with van der Waals surface area (Å²) in [7, 11) is 0. The van der Waals surface area contributed by atoms with E-state index in [0.717, 1.165) is 71.0 Å². The Labute approximate surface area is 187 Å². The third-order valence-corrected chi connectivity index (χ3v) is 7.76. The van der Waals surface area contributed by atoms with Gasteiger partial charge in [0, 0.05) is 51.9 Å². The Morgan fingerprint density at radius 1 is 0.903 bits per heavy atom. The van der Waals surface area contributed by atoms with E-state index >= 15 is 0 Å². The average molecular weight is 427 g/mol. The maximum Gasteiger partial charge on any atom is 0.256 e. The first-order valence-corrected chi connectivity index (χ1v) is 12.5. The number of likely N-dealkylation sites (tertiary alicyclic amines) is 1. The molecule has 5 rings (SSSR count). The predicted octanol–water partition coefficient (Wildman–Crippen LogP) is 2.47. The van der Waals surface area contributed by atoms with Gasteiger partial charge in [0.05, 0.1) is 24.5 Å². The normalized spacial score (nSPS) is 25.4. The van der Waals surface area contributed by atoms with Crippen LogP contribution in [0.4, 0.5) is 5.69 Å². The summed E-state index contributed by atoms with van der Waals surface area (Å²) < 4.78 is 5.50. The Morgan fingerprint density at radius 3 is 2.71 bits per heavy atom. The second-order valence-electron chi connectivity index (χ2n) is 9.62. The summed E-state index contributed by atoms with van der Waals surface area (Å²) in [6, 6.07) is 6.99. The molecule has 4 heterocycles. The van der Waals surface area contributed by atoms with Crippen molar-refractivity contribution in [1.82, 2.24) is 14.7 Å². The molecule has 0 radical (unpaired) electrons. The molecule has 1 atom stereocenters. The standard InChI is InChI=1S/C25H38N4O2/c30-25-23-8-3-5-21-6-4-11-28(24(21)23)14-16-29(25)15-13-27-10-2-1-7-22(27)9-12-26-17-19-31-20-18-26/h3,5,8,22H,1-2,4,6-7,9-20H2. The molecule has 1 aromatic carbocycles. The van der Waals surface area contributed by atoms with Crippen LogP contribution in [-0.2, 0) is 11.2 Å². The highest BCUT2D eigenvalue weighted by Gasteiger charge is 2.31. The topological polar surface area (TPSA) is 39.3 Å². The van der Waals surface area contributed by atoms with Crippen LogP contribution >= 0.6 is 0 Å². The number of hydrogen-bond acceptors (Lipinski definition) is 5. The van der Waals surface area contributed by atoms with Crippen molar-refractivity contribution < 1.29 is 9.53 Å². The van der Waals surface area contributed by atoms with Gasteiger partial charge in [0.1, 0.15) is 0 Å². The zero-order chi connectivity index (χ0) is 21.0. The number of para-hydroxylation sites is 1. The molecule has 4 aliphatic rings. The molecular formula is C25H38N4O2. The molecule has 6 heteroatoms. The molecule has 170 valence electrons. The molecule has 4 aliphatic heterocycles. The fraction of sp³-hybridized carbons (Fsp3) is 0.720. The van der Waals surface area contributed by atoms with Crippen LogP contribution in [-0.4, -0.2) is 98.8 Å². The monoisotopic (exact) mass is 426 g/mol. The van der Waals surface area contributed by atoms with E-state index in [1.807, 2.05) is 6.07 Å². The van der Waals surface area contributed by atoms with Gasteiger partial charge in [-0.25, -0.2) is 0 Å². The van der Waals surface area contributed by atoms with E-state index in [0.29, 0.717) is 6.04 Å². The minimum atomic E-state index is 0.239. The van der Waals surface area contributed by atoms with Gasteiger partial charge in [0.25, 0.3) is 5.91 Å². The summed E-state index contributed by atoms with van der Waals surface area (Å²) in [5, 5.41) is 0. The molecule has 31 heavy (non-hydrogen) atoms. The first kappa shape index (κ1) is 21.2. The lowest BCUT2D eigenvalue weighted by Gasteiger charge is -2.38. The van der Waals surface area contributed by atoms with E-state index in [2.05, 4.69) is 31.7 Å². The predicted molar refractivity (Wildman–Crippen MR) is 124 cm³/mol. The van der Waals surface area contributed by atoms with Crippen molar-refractivity contribution in [1.29, 1.82) is 0 Å². The molecule has 1 amide bonds. The van der Waals surface area contributed by atoms with E-state index in [9.17, 15) is 4.79 Å². The number of benzene rings is 1. The number of nitrogens with zero attached hydrogens (tertiary/aromatic N) is 4. The van der Waals surface area contributed by atoms with E-state index in [1.165, 1.54) is 56.4 Å². The van der Waals surface area contributed by atoms with E-state index < -0.39 is 0 Å². The van der Waals surface area contributed by atoms with Crippen LogP contribution in [0.2, 0.25) is 0 Å². The molecule has 0 spiro atoms. The van der Waals surface area contributed by atoms with Crippen LogP contribution in [0.5, 0.6) is 0 Å². The smallest absolute Gasteiger partial charge is 0.256 e. The molecule has 0 aromatic heterocycles. The van der Waals surface area contributed by atoms with Crippen molar-refractivity contribution in [2.45, 2.75) is 44.6 Å². The maximum atomic E-state index is 13.4. The number of morpholine rings is 1. The Hall–Kier alpha value is -1.63. The second-order valence-corrected chi connectivity index (χ2v) is 9.62. The molecular weight excluding hydrogens is 388 g/mol. The first-order chi connectivity index (χ1) is 15.3. The summed E-state index contributed by atoms with van der Waals surface area (Å²) in [4.78, 5) is 23.2. The van der Waals surface area contributed by atoms with Gasteiger partial charge >= 0.3 is 0 Å². The molecule has 0 aliphatic carbocycles. The van der Waals surface area contributed by atoms with Crippen LogP contribution in [0.15, 0.2) is 18.2 Å². The molecule has 0 saturated carbocycles. The fourth-order valence-electron chi connectivity index (χ4n) is 5.95. The highest BCUT2D eigenvalue weighted by Crippen LogP contribution is 2.33. The highest BCUT2D eigenvalue weighted by molar-refractivity contribution is 6.01. The molecule has 2 saturated heterocycles. The summed E-state index contributed by atoms with van der Waals surface area (Å²) in [6.07, 6.45) is 7.49. The number of carbonyl (C=O) groups is 1. The van der Waals surface area contributed by atoms with Gasteiger partial charge in [-0.3, -0.25) is 14.6 Å². The Balaban J connectivity index is 1.20. The van der Waals surface area contributed by atoms with Crippen LogP contribution < -0.4 is 4.90 Å². The van der Waals surface area contributed by atoms with Gasteiger partial charge in [-0.2, -0.15) is 0 Å². The number of hydrogen-bond donors (Lipinski definition) is 0. The third kappa shape index (κ3) is 4.76.